The Bertz CT molecular complexity index is 566. The van der Waals surface area contributed by atoms with Crippen molar-refractivity contribution < 1.29 is 23.1 Å². The van der Waals surface area contributed by atoms with E-state index in [1.54, 1.807) is 18.7 Å². The van der Waals surface area contributed by atoms with E-state index in [1.165, 1.54) is 0 Å². The van der Waals surface area contributed by atoms with Crippen molar-refractivity contribution in [2.75, 3.05) is 45.7 Å². The molecular weight excluding hydrogens is 343 g/mol. The number of hydrogen-bond acceptors (Lipinski definition) is 6. The molecule has 0 bridgehead atoms. The van der Waals surface area contributed by atoms with E-state index >= 15 is 0 Å². The molecule has 0 aromatic heterocycles. The Balaban J connectivity index is 1.76. The molecule has 8 heteroatoms. The zero-order valence-corrected chi connectivity index (χ0v) is 15.8. The van der Waals surface area contributed by atoms with E-state index in [0.717, 1.165) is 5.56 Å². The molecule has 1 fully saturated rings. The normalized spacial score (nSPS) is 16.0. The van der Waals surface area contributed by atoms with Gasteiger partial charge in [0.05, 0.1) is 13.2 Å². The van der Waals surface area contributed by atoms with E-state index in [-0.39, 0.29) is 19.0 Å². The summed E-state index contributed by atoms with van der Waals surface area (Å²) >= 11 is 0. The first-order chi connectivity index (χ1) is 12.1. The fraction of sp³-hybridized carbons (Fsp3) is 0.588. The third-order valence-electron chi connectivity index (χ3n) is 3.86. The number of hydrogen-bond donors (Lipinski definition) is 0. The average molecular weight is 370 g/mol. The van der Waals surface area contributed by atoms with Crippen molar-refractivity contribution in [3.8, 4) is 0 Å². The van der Waals surface area contributed by atoms with Crippen LogP contribution in [0.3, 0.4) is 0 Å². The largest absolute Gasteiger partial charge is 0.445 e. The number of amides is 1. The molecule has 0 spiro atoms. The van der Waals surface area contributed by atoms with Gasteiger partial charge in [-0.2, -0.15) is 0 Å². The van der Waals surface area contributed by atoms with E-state index in [1.807, 2.05) is 35.2 Å². The second-order valence-electron chi connectivity index (χ2n) is 5.73. The van der Waals surface area contributed by atoms with Crippen LogP contribution in [0.1, 0.15) is 19.4 Å². The van der Waals surface area contributed by atoms with Crippen molar-refractivity contribution in [2.45, 2.75) is 20.5 Å². The minimum Gasteiger partial charge on any atom is -0.445 e. The van der Waals surface area contributed by atoms with Crippen LogP contribution in [-0.4, -0.2) is 61.6 Å². The second kappa shape index (κ2) is 9.92. The summed E-state index contributed by atoms with van der Waals surface area (Å²) in [6, 6.07) is 9.59. The number of nitrogens with zero attached hydrogens (tertiary/aromatic N) is 2. The maximum Gasteiger partial charge on any atom is 0.410 e. The average Bonchev–Trinajstić information content (AvgIpc) is 2.61. The Kier molecular flexibility index (Phi) is 7.90. The number of rotatable bonds is 8. The number of ether oxygens (including phenoxy) is 1. The van der Waals surface area contributed by atoms with Gasteiger partial charge in [0.1, 0.15) is 12.9 Å². The van der Waals surface area contributed by atoms with Crippen LogP contribution in [0.25, 0.3) is 0 Å². The van der Waals surface area contributed by atoms with Gasteiger partial charge in [0.15, 0.2) is 0 Å². The van der Waals surface area contributed by atoms with E-state index < -0.39 is 7.60 Å². The summed E-state index contributed by atoms with van der Waals surface area (Å²) in [5.41, 5.74) is 0.962. The van der Waals surface area contributed by atoms with Gasteiger partial charge in [-0.3, -0.25) is 9.46 Å². The minimum absolute atomic E-state index is 0.252. The molecule has 0 radical (unpaired) electrons. The van der Waals surface area contributed by atoms with Crippen molar-refractivity contribution >= 4 is 13.7 Å². The van der Waals surface area contributed by atoms with Crippen LogP contribution in [0.15, 0.2) is 30.3 Å². The van der Waals surface area contributed by atoms with Gasteiger partial charge in [-0.25, -0.2) is 4.79 Å². The molecule has 1 heterocycles. The number of benzene rings is 1. The molecule has 25 heavy (non-hydrogen) atoms. The first kappa shape index (κ1) is 19.9. The number of carbonyl (C=O) groups is 1. The third-order valence-corrected chi connectivity index (χ3v) is 5.91. The lowest BCUT2D eigenvalue weighted by Crippen LogP contribution is -2.49. The van der Waals surface area contributed by atoms with Crippen LogP contribution in [0.4, 0.5) is 4.79 Å². The molecule has 0 saturated carbocycles. The topological polar surface area (TPSA) is 68.3 Å². The van der Waals surface area contributed by atoms with Gasteiger partial charge in [0.25, 0.3) is 0 Å². The van der Waals surface area contributed by atoms with Crippen molar-refractivity contribution in [1.29, 1.82) is 0 Å². The number of carbonyl (C=O) groups excluding carboxylic acids is 1. The van der Waals surface area contributed by atoms with Crippen molar-refractivity contribution in [3.63, 3.8) is 0 Å². The molecule has 140 valence electrons. The van der Waals surface area contributed by atoms with Crippen LogP contribution < -0.4 is 0 Å². The van der Waals surface area contributed by atoms with Gasteiger partial charge >= 0.3 is 13.7 Å². The van der Waals surface area contributed by atoms with Gasteiger partial charge in [-0.1, -0.05) is 30.3 Å². The smallest absolute Gasteiger partial charge is 0.410 e. The van der Waals surface area contributed by atoms with Crippen molar-refractivity contribution in [3.05, 3.63) is 35.9 Å². The molecule has 0 atom stereocenters. The molecular formula is C17H27N2O5P. The second-order valence-corrected chi connectivity index (χ2v) is 7.75. The minimum atomic E-state index is -3.09. The fourth-order valence-corrected chi connectivity index (χ4v) is 4.44. The summed E-state index contributed by atoms with van der Waals surface area (Å²) < 4.78 is 28.6. The molecule has 1 amide bonds. The highest BCUT2D eigenvalue weighted by atomic mass is 31.2. The zero-order valence-electron chi connectivity index (χ0n) is 14.9. The molecule has 1 aliphatic heterocycles. The molecule has 1 aromatic rings. The van der Waals surface area contributed by atoms with Gasteiger partial charge < -0.3 is 18.7 Å². The molecule has 1 saturated heterocycles. The molecule has 1 aromatic carbocycles. The molecule has 0 N–H and O–H groups in total. The van der Waals surface area contributed by atoms with Crippen LogP contribution in [0.5, 0.6) is 0 Å². The highest BCUT2D eigenvalue weighted by Crippen LogP contribution is 2.48. The third kappa shape index (κ3) is 6.44. The summed E-state index contributed by atoms with van der Waals surface area (Å²) in [6.45, 7) is 6.86. The van der Waals surface area contributed by atoms with E-state index in [9.17, 15) is 9.36 Å². The maximum absolute atomic E-state index is 12.6. The predicted molar refractivity (Wildman–Crippen MR) is 95.5 cm³/mol. The lowest BCUT2D eigenvalue weighted by atomic mass is 10.2. The van der Waals surface area contributed by atoms with Crippen LogP contribution in [0.2, 0.25) is 0 Å². The summed E-state index contributed by atoms with van der Waals surface area (Å²) in [5.74, 6) is 0. The summed E-state index contributed by atoms with van der Waals surface area (Å²) in [7, 11) is -3.09. The SMILES string of the molecule is CCOP(=O)(CN1CCN(C(=O)OCc2ccccc2)CC1)OCC. The van der Waals surface area contributed by atoms with Crippen LogP contribution in [0, 0.1) is 0 Å². The Hall–Kier alpha value is -1.40. The highest BCUT2D eigenvalue weighted by Gasteiger charge is 2.30. The summed E-state index contributed by atoms with van der Waals surface area (Å²) in [6.07, 6.45) is -0.0667. The van der Waals surface area contributed by atoms with Crippen LogP contribution >= 0.6 is 7.60 Å². The van der Waals surface area contributed by atoms with Gasteiger partial charge in [-0.05, 0) is 19.4 Å². The van der Waals surface area contributed by atoms with Gasteiger partial charge in [0.2, 0.25) is 0 Å². The molecule has 0 aliphatic carbocycles. The zero-order chi connectivity index (χ0) is 18.1. The quantitative estimate of drug-likeness (QED) is 0.655. The lowest BCUT2D eigenvalue weighted by Gasteiger charge is -2.35. The predicted octanol–water partition coefficient (Wildman–Crippen LogP) is 3.16. The standard InChI is InChI=1S/C17H27N2O5P/c1-3-23-25(21,24-4-2)15-18-10-12-19(13-11-18)17(20)22-14-16-8-6-5-7-9-16/h5-9H,3-4,10-15H2,1-2H3. The van der Waals surface area contributed by atoms with Crippen LogP contribution in [-0.2, 0) is 25.0 Å². The number of piperazine rings is 1. The monoisotopic (exact) mass is 370 g/mol. The van der Waals surface area contributed by atoms with Crippen molar-refractivity contribution in [1.82, 2.24) is 9.80 Å². The Morgan fingerprint density at radius 1 is 1.04 bits per heavy atom. The summed E-state index contributed by atoms with van der Waals surface area (Å²) in [4.78, 5) is 15.8. The van der Waals surface area contributed by atoms with Gasteiger partial charge in [-0.15, -0.1) is 0 Å². The molecule has 2 rings (SSSR count). The van der Waals surface area contributed by atoms with E-state index in [0.29, 0.717) is 39.4 Å². The Morgan fingerprint density at radius 3 is 2.20 bits per heavy atom. The fourth-order valence-electron chi connectivity index (χ4n) is 2.64. The Labute approximate surface area is 149 Å². The summed E-state index contributed by atoms with van der Waals surface area (Å²) in [5, 5.41) is 0. The van der Waals surface area contributed by atoms with Gasteiger partial charge in [0, 0.05) is 26.2 Å². The van der Waals surface area contributed by atoms with Crippen molar-refractivity contribution in [2.24, 2.45) is 0 Å². The molecule has 0 unspecified atom stereocenters. The van der Waals surface area contributed by atoms with E-state index in [2.05, 4.69) is 0 Å². The van der Waals surface area contributed by atoms with E-state index in [4.69, 9.17) is 13.8 Å². The maximum atomic E-state index is 12.6. The Morgan fingerprint density at radius 2 is 1.64 bits per heavy atom. The first-order valence-electron chi connectivity index (χ1n) is 8.62. The molecule has 1 aliphatic rings. The molecule has 7 nitrogen and oxygen atoms in total. The first-order valence-corrected chi connectivity index (χ1v) is 10.3. The lowest BCUT2D eigenvalue weighted by molar-refractivity contribution is 0.0733. The highest BCUT2D eigenvalue weighted by molar-refractivity contribution is 7.53.